The number of fused-ring (bicyclic) bond motifs is 1. The molecule has 0 saturated carbocycles. The number of hydrogen-bond donors (Lipinski definition) is 0. The predicted octanol–water partition coefficient (Wildman–Crippen LogP) is 6.75. The highest BCUT2D eigenvalue weighted by Gasteiger charge is 2.42. The van der Waals surface area contributed by atoms with Gasteiger partial charge in [0.15, 0.2) is 0 Å². The third-order valence-electron chi connectivity index (χ3n) is 5.58. The van der Waals surface area contributed by atoms with Crippen molar-refractivity contribution in [2.45, 2.75) is 83.5 Å². The lowest BCUT2D eigenvalue weighted by molar-refractivity contribution is 0.122. The van der Waals surface area contributed by atoms with Crippen LogP contribution in [-0.2, 0) is 6.42 Å². The van der Waals surface area contributed by atoms with Crippen molar-refractivity contribution in [3.63, 3.8) is 0 Å². The molecule has 1 nitrogen and oxygen atoms in total. The Morgan fingerprint density at radius 3 is 2.25 bits per heavy atom. The Labute approximate surface area is 157 Å². The van der Waals surface area contributed by atoms with Gasteiger partial charge >= 0.3 is 0 Å². The van der Waals surface area contributed by atoms with Gasteiger partial charge in [0.1, 0.15) is 19.4 Å². The van der Waals surface area contributed by atoms with E-state index in [0.717, 1.165) is 23.1 Å². The molecule has 0 amide bonds. The van der Waals surface area contributed by atoms with E-state index in [1.54, 1.807) is 0 Å². The quantitative estimate of drug-likeness (QED) is 0.396. The van der Waals surface area contributed by atoms with Crippen molar-refractivity contribution in [1.29, 1.82) is 0 Å². The summed E-state index contributed by atoms with van der Waals surface area (Å²) in [5.74, 6) is 4.59. The van der Waals surface area contributed by atoms with Gasteiger partial charge in [-0.15, -0.1) is 11.5 Å². The minimum absolute atomic E-state index is 0.193. The molecule has 0 bridgehead atoms. The molecule has 1 aromatic carbocycles. The molecule has 0 radical (unpaired) electrons. The Balaban J connectivity index is 2.20. The van der Waals surface area contributed by atoms with E-state index >= 15 is 0 Å². The van der Waals surface area contributed by atoms with E-state index in [1.165, 1.54) is 5.56 Å². The fourth-order valence-corrected chi connectivity index (χ4v) is 9.99. The molecule has 0 aliphatic carbocycles. The van der Waals surface area contributed by atoms with Crippen LogP contribution < -0.4 is 4.74 Å². The number of hydrogen-bond acceptors (Lipinski definition) is 1. The number of rotatable bonds is 4. The van der Waals surface area contributed by atoms with Gasteiger partial charge in [-0.3, -0.25) is 0 Å². The first-order chi connectivity index (χ1) is 11.1. The van der Waals surface area contributed by atoms with Crippen LogP contribution in [0.3, 0.4) is 0 Å². The van der Waals surface area contributed by atoms with Gasteiger partial charge in [-0.05, 0) is 41.2 Å². The molecule has 0 saturated heterocycles. The molecular weight excluding hydrogens is 376 g/mol. The molecule has 0 fully saturated rings. The monoisotopic (exact) mass is 406 g/mol. The van der Waals surface area contributed by atoms with E-state index in [2.05, 4.69) is 94.1 Å². The summed E-state index contributed by atoms with van der Waals surface area (Å²) < 4.78 is 7.33. The molecule has 24 heavy (non-hydrogen) atoms. The first kappa shape index (κ1) is 19.6. The minimum Gasteiger partial charge on any atom is -0.486 e. The van der Waals surface area contributed by atoms with Crippen molar-refractivity contribution >= 4 is 24.0 Å². The van der Waals surface area contributed by atoms with Crippen LogP contribution in [0.2, 0.25) is 16.6 Å². The topological polar surface area (TPSA) is 9.23 Å². The molecular formula is C21H31BrOSi. The zero-order valence-electron chi connectivity index (χ0n) is 16.2. The standard InChI is InChI=1S/C21H31BrOSi/c1-15(2)24(16(3)4,17(5)6)12-8-11-21(7)14-18-9-10-19(22)13-20(18)23-21/h9-10,13,15-17H,11,14H2,1-7H3. The third kappa shape index (κ3) is 3.75. The maximum atomic E-state index is 6.25. The Bertz CT molecular complexity index is 632. The van der Waals surface area contributed by atoms with Gasteiger partial charge in [-0.1, -0.05) is 63.5 Å². The molecule has 1 unspecified atom stereocenters. The summed E-state index contributed by atoms with van der Waals surface area (Å²) in [5, 5.41) is 0. The average molecular weight is 407 g/mol. The van der Waals surface area contributed by atoms with E-state index in [0.29, 0.717) is 16.6 Å². The molecule has 1 atom stereocenters. The Hall–Kier alpha value is -0.723. The fraction of sp³-hybridized carbons (Fsp3) is 0.619. The summed E-state index contributed by atoms with van der Waals surface area (Å²) in [4.78, 5) is 0. The third-order valence-corrected chi connectivity index (χ3v) is 12.4. The highest BCUT2D eigenvalue weighted by atomic mass is 79.9. The number of ether oxygens (including phenoxy) is 1. The molecule has 3 heteroatoms. The largest absolute Gasteiger partial charge is 0.486 e. The second kappa shape index (κ2) is 7.26. The normalized spacial score (nSPS) is 20.1. The minimum atomic E-state index is -1.65. The lowest BCUT2D eigenvalue weighted by atomic mass is 9.96. The Morgan fingerprint density at radius 1 is 1.12 bits per heavy atom. The van der Waals surface area contributed by atoms with Crippen molar-refractivity contribution < 1.29 is 4.74 Å². The van der Waals surface area contributed by atoms with Gasteiger partial charge < -0.3 is 4.74 Å². The van der Waals surface area contributed by atoms with Crippen LogP contribution in [0.15, 0.2) is 22.7 Å². The SMILES string of the molecule is CC(C)[Si](C#CCC1(C)Cc2ccc(Br)cc2O1)(C(C)C)C(C)C. The number of halogens is 1. The Morgan fingerprint density at radius 2 is 1.71 bits per heavy atom. The summed E-state index contributed by atoms with van der Waals surface area (Å²) >= 11 is 3.53. The summed E-state index contributed by atoms with van der Waals surface area (Å²) in [7, 11) is -1.65. The molecule has 1 heterocycles. The predicted molar refractivity (Wildman–Crippen MR) is 110 cm³/mol. The molecule has 132 valence electrons. The Kier molecular flexibility index (Phi) is 5.93. The van der Waals surface area contributed by atoms with Crippen LogP contribution >= 0.6 is 15.9 Å². The summed E-state index contributed by atoms with van der Waals surface area (Å²) in [6.45, 7) is 16.4. The molecule has 0 aromatic heterocycles. The average Bonchev–Trinajstić information content (AvgIpc) is 2.78. The van der Waals surface area contributed by atoms with E-state index in [4.69, 9.17) is 4.74 Å². The van der Waals surface area contributed by atoms with Gasteiger partial charge in [-0.25, -0.2) is 0 Å². The second-order valence-electron chi connectivity index (χ2n) is 8.36. The van der Waals surface area contributed by atoms with E-state index in [9.17, 15) is 0 Å². The van der Waals surface area contributed by atoms with Crippen LogP contribution in [0.25, 0.3) is 0 Å². The highest BCUT2D eigenvalue weighted by Crippen LogP contribution is 2.41. The molecule has 1 aliphatic heterocycles. The second-order valence-corrected chi connectivity index (χ2v) is 14.9. The molecule has 1 aromatic rings. The maximum Gasteiger partial charge on any atom is 0.145 e. The smallest absolute Gasteiger partial charge is 0.145 e. The van der Waals surface area contributed by atoms with Crippen LogP contribution in [0.5, 0.6) is 5.75 Å². The van der Waals surface area contributed by atoms with Crippen LogP contribution in [0.4, 0.5) is 0 Å². The van der Waals surface area contributed by atoms with E-state index in [-0.39, 0.29) is 5.60 Å². The van der Waals surface area contributed by atoms with Crippen LogP contribution in [0, 0.1) is 11.5 Å². The van der Waals surface area contributed by atoms with Gasteiger partial charge in [0.2, 0.25) is 0 Å². The highest BCUT2D eigenvalue weighted by molar-refractivity contribution is 9.10. The van der Waals surface area contributed by atoms with Crippen molar-refractivity contribution in [3.05, 3.63) is 28.2 Å². The van der Waals surface area contributed by atoms with Gasteiger partial charge in [0.05, 0.1) is 0 Å². The first-order valence-electron chi connectivity index (χ1n) is 9.08. The van der Waals surface area contributed by atoms with Gasteiger partial charge in [0.25, 0.3) is 0 Å². The molecule has 2 rings (SSSR count). The molecule has 0 spiro atoms. The first-order valence-corrected chi connectivity index (χ1v) is 12.1. The molecule has 0 N–H and O–H groups in total. The fourth-order valence-electron chi connectivity index (χ4n) is 4.39. The van der Waals surface area contributed by atoms with Gasteiger partial charge in [0, 0.05) is 17.3 Å². The molecule has 1 aliphatic rings. The maximum absolute atomic E-state index is 6.25. The van der Waals surface area contributed by atoms with E-state index < -0.39 is 8.07 Å². The van der Waals surface area contributed by atoms with Crippen LogP contribution in [0.1, 0.15) is 60.5 Å². The van der Waals surface area contributed by atoms with E-state index in [1.807, 2.05) is 0 Å². The zero-order valence-corrected chi connectivity index (χ0v) is 18.8. The zero-order chi connectivity index (χ0) is 18.1. The van der Waals surface area contributed by atoms with Crippen molar-refractivity contribution in [1.82, 2.24) is 0 Å². The summed E-state index contributed by atoms with van der Waals surface area (Å²) in [6, 6.07) is 6.32. The van der Waals surface area contributed by atoms with Crippen molar-refractivity contribution in [3.8, 4) is 17.2 Å². The number of benzene rings is 1. The summed E-state index contributed by atoms with van der Waals surface area (Å²) in [5.41, 5.74) is 6.95. The summed E-state index contributed by atoms with van der Waals surface area (Å²) in [6.07, 6.45) is 1.75. The lowest BCUT2D eigenvalue weighted by Crippen LogP contribution is -2.43. The van der Waals surface area contributed by atoms with Crippen molar-refractivity contribution in [2.24, 2.45) is 0 Å². The lowest BCUT2D eigenvalue weighted by Gasteiger charge is -2.38. The van der Waals surface area contributed by atoms with Gasteiger partial charge in [-0.2, -0.15) is 0 Å². The van der Waals surface area contributed by atoms with Crippen molar-refractivity contribution in [2.75, 3.05) is 0 Å². The van der Waals surface area contributed by atoms with Crippen LogP contribution in [-0.4, -0.2) is 13.7 Å².